The van der Waals surface area contributed by atoms with Gasteiger partial charge >= 0.3 is 0 Å². The van der Waals surface area contributed by atoms with Crippen LogP contribution in [0.2, 0.25) is 0 Å². The van der Waals surface area contributed by atoms with Gasteiger partial charge in [0.1, 0.15) is 5.65 Å². The van der Waals surface area contributed by atoms with Crippen LogP contribution in [0.5, 0.6) is 0 Å². The molecule has 6 nitrogen and oxygen atoms in total. The van der Waals surface area contributed by atoms with E-state index in [1.807, 2.05) is 23.1 Å². The average molecular weight is 449 g/mol. The summed E-state index contributed by atoms with van der Waals surface area (Å²) in [6.07, 6.45) is 7.81. The third-order valence-corrected chi connectivity index (χ3v) is 6.71. The molecule has 170 valence electrons. The average Bonchev–Trinajstić information content (AvgIpc) is 3.56. The Morgan fingerprint density at radius 2 is 1.65 bits per heavy atom. The van der Waals surface area contributed by atoms with Crippen molar-refractivity contribution < 1.29 is 0 Å². The first-order valence-electron chi connectivity index (χ1n) is 11.8. The van der Waals surface area contributed by atoms with Gasteiger partial charge < -0.3 is 4.90 Å². The van der Waals surface area contributed by atoms with E-state index in [0.717, 1.165) is 55.3 Å². The molecular weight excluding hydrogens is 420 g/mol. The zero-order valence-corrected chi connectivity index (χ0v) is 19.4. The van der Waals surface area contributed by atoms with E-state index in [-0.39, 0.29) is 0 Å². The van der Waals surface area contributed by atoms with Crippen molar-refractivity contribution in [1.29, 1.82) is 0 Å². The lowest BCUT2D eigenvalue weighted by molar-refractivity contribution is 0.148. The number of pyridine rings is 1. The number of fused-ring (bicyclic) bond motifs is 1. The van der Waals surface area contributed by atoms with E-state index in [0.29, 0.717) is 0 Å². The Morgan fingerprint density at radius 3 is 2.44 bits per heavy atom. The normalized spacial score (nSPS) is 15.2. The molecule has 5 aromatic rings. The van der Waals surface area contributed by atoms with E-state index in [4.69, 9.17) is 4.98 Å². The van der Waals surface area contributed by atoms with E-state index in [1.54, 1.807) is 6.20 Å². The van der Waals surface area contributed by atoms with Gasteiger partial charge in [-0.05, 0) is 54.1 Å². The lowest BCUT2D eigenvalue weighted by Crippen LogP contribution is -2.43. The third-order valence-electron chi connectivity index (χ3n) is 6.71. The Bertz CT molecular complexity index is 1390. The molecule has 0 atom stereocenters. The zero-order chi connectivity index (χ0) is 22.9. The van der Waals surface area contributed by atoms with Crippen LogP contribution < -0.4 is 0 Å². The van der Waals surface area contributed by atoms with Crippen molar-refractivity contribution in [3.8, 4) is 28.1 Å². The van der Waals surface area contributed by atoms with Crippen LogP contribution in [-0.4, -0.2) is 62.2 Å². The number of nitrogens with zero attached hydrogens (tertiary/aromatic N) is 6. The molecule has 3 aromatic heterocycles. The quantitative estimate of drug-likeness (QED) is 0.394. The van der Waals surface area contributed by atoms with Crippen LogP contribution >= 0.6 is 0 Å². The molecule has 2 aromatic carbocycles. The molecule has 4 heterocycles. The Hall–Kier alpha value is -3.74. The Balaban J connectivity index is 1.23. The number of hydrogen-bond donors (Lipinski definition) is 0. The molecule has 1 saturated heterocycles. The van der Waals surface area contributed by atoms with Gasteiger partial charge in [0.2, 0.25) is 0 Å². The van der Waals surface area contributed by atoms with Crippen molar-refractivity contribution in [3.63, 3.8) is 0 Å². The fraction of sp³-hybridized carbons (Fsp3) is 0.214. The first-order valence-corrected chi connectivity index (χ1v) is 11.8. The maximum atomic E-state index is 4.70. The summed E-state index contributed by atoms with van der Waals surface area (Å²) in [4.78, 5) is 9.64. The first kappa shape index (κ1) is 20.8. The largest absolute Gasteiger partial charge is 0.304 e. The molecule has 0 saturated carbocycles. The monoisotopic (exact) mass is 448 g/mol. The lowest BCUT2D eigenvalue weighted by atomic mass is 10.0. The second-order valence-corrected chi connectivity index (χ2v) is 9.06. The number of likely N-dealkylation sites (N-methyl/N-ethyl adjacent to an activating group) is 1. The molecule has 1 fully saturated rings. The van der Waals surface area contributed by atoms with Crippen molar-refractivity contribution in [3.05, 3.63) is 97.1 Å². The molecule has 6 heteroatoms. The fourth-order valence-corrected chi connectivity index (χ4v) is 4.67. The molecule has 0 radical (unpaired) electrons. The maximum Gasteiger partial charge on any atom is 0.137 e. The number of hydrogen-bond acceptors (Lipinski definition) is 4. The van der Waals surface area contributed by atoms with E-state index in [9.17, 15) is 0 Å². The molecule has 1 aliphatic heterocycles. The molecule has 6 rings (SSSR count). The highest BCUT2D eigenvalue weighted by molar-refractivity contribution is 5.71. The molecule has 1 aliphatic rings. The molecular formula is C28H28N6. The van der Waals surface area contributed by atoms with Gasteiger partial charge in [0, 0.05) is 56.9 Å². The van der Waals surface area contributed by atoms with E-state index in [1.165, 1.54) is 16.7 Å². The van der Waals surface area contributed by atoms with Crippen molar-refractivity contribution in [2.45, 2.75) is 6.54 Å². The number of aromatic nitrogens is 4. The predicted molar refractivity (Wildman–Crippen MR) is 136 cm³/mol. The zero-order valence-electron chi connectivity index (χ0n) is 19.4. The summed E-state index contributed by atoms with van der Waals surface area (Å²) < 4.78 is 4.02. The number of rotatable bonds is 5. The summed E-state index contributed by atoms with van der Waals surface area (Å²) >= 11 is 0. The van der Waals surface area contributed by atoms with Crippen molar-refractivity contribution >= 4 is 5.65 Å². The third kappa shape index (κ3) is 4.14. The van der Waals surface area contributed by atoms with Crippen LogP contribution in [0.3, 0.4) is 0 Å². The van der Waals surface area contributed by atoms with Crippen LogP contribution in [0.15, 0.2) is 91.5 Å². The molecule has 0 bridgehead atoms. The van der Waals surface area contributed by atoms with Crippen LogP contribution in [0.4, 0.5) is 0 Å². The van der Waals surface area contributed by atoms with Crippen LogP contribution in [0.25, 0.3) is 33.7 Å². The van der Waals surface area contributed by atoms with Crippen LogP contribution in [0, 0.1) is 0 Å². The van der Waals surface area contributed by atoms with Gasteiger partial charge in [0.25, 0.3) is 0 Å². The Morgan fingerprint density at radius 1 is 0.794 bits per heavy atom. The topological polar surface area (TPSA) is 41.6 Å². The highest BCUT2D eigenvalue weighted by Crippen LogP contribution is 2.27. The van der Waals surface area contributed by atoms with E-state index < -0.39 is 0 Å². The smallest absolute Gasteiger partial charge is 0.137 e. The summed E-state index contributed by atoms with van der Waals surface area (Å²) in [5.74, 6) is 0. The first-order chi connectivity index (χ1) is 16.7. The van der Waals surface area contributed by atoms with Gasteiger partial charge in [-0.2, -0.15) is 5.10 Å². The fourth-order valence-electron chi connectivity index (χ4n) is 4.67. The molecule has 0 aliphatic carbocycles. The molecule has 0 spiro atoms. The predicted octanol–water partition coefficient (Wildman–Crippen LogP) is 4.60. The Labute approximate surface area is 199 Å². The molecule has 34 heavy (non-hydrogen) atoms. The summed E-state index contributed by atoms with van der Waals surface area (Å²) in [7, 11) is 2.20. The lowest BCUT2D eigenvalue weighted by Gasteiger charge is -2.32. The van der Waals surface area contributed by atoms with Gasteiger partial charge in [-0.1, -0.05) is 36.4 Å². The van der Waals surface area contributed by atoms with Gasteiger partial charge in [0.05, 0.1) is 17.6 Å². The molecule has 0 amide bonds. The minimum atomic E-state index is 0.943. The highest BCUT2D eigenvalue weighted by atomic mass is 15.3. The summed E-state index contributed by atoms with van der Waals surface area (Å²) in [5.41, 5.74) is 7.93. The number of benzene rings is 2. The minimum Gasteiger partial charge on any atom is -0.304 e. The minimum absolute atomic E-state index is 0.943. The van der Waals surface area contributed by atoms with Gasteiger partial charge in [-0.25, -0.2) is 9.67 Å². The van der Waals surface area contributed by atoms with Crippen molar-refractivity contribution in [2.75, 3.05) is 33.2 Å². The van der Waals surface area contributed by atoms with Gasteiger partial charge in [-0.15, -0.1) is 0 Å². The Kier molecular flexibility index (Phi) is 5.45. The van der Waals surface area contributed by atoms with E-state index >= 15 is 0 Å². The summed E-state index contributed by atoms with van der Waals surface area (Å²) in [5, 5.41) is 4.35. The SMILES string of the molecule is CN1CCN(Cc2ccc(-c3ccn4c(-c5cccc(-n6cccn6)c5)cnc4c3)cc2)CC1. The number of imidazole rings is 1. The second kappa shape index (κ2) is 8.89. The van der Waals surface area contributed by atoms with Crippen LogP contribution in [-0.2, 0) is 6.54 Å². The standard InChI is InChI=1S/C28H28N6/c1-31-14-16-32(17-15-31)21-22-6-8-23(9-7-22)24-10-13-33-27(20-29-28(33)19-24)25-4-2-5-26(18-25)34-12-3-11-30-34/h2-13,18-20H,14-17,21H2,1H3. The molecule has 0 N–H and O–H groups in total. The van der Waals surface area contributed by atoms with Crippen molar-refractivity contribution in [1.82, 2.24) is 29.0 Å². The van der Waals surface area contributed by atoms with E-state index in [2.05, 4.69) is 93.2 Å². The summed E-state index contributed by atoms with van der Waals surface area (Å²) in [6, 6.07) is 23.6. The van der Waals surface area contributed by atoms with Crippen LogP contribution in [0.1, 0.15) is 5.56 Å². The number of piperazine rings is 1. The van der Waals surface area contributed by atoms with Gasteiger partial charge in [-0.3, -0.25) is 9.30 Å². The highest BCUT2D eigenvalue weighted by Gasteiger charge is 2.14. The van der Waals surface area contributed by atoms with Gasteiger partial charge in [0.15, 0.2) is 0 Å². The second-order valence-electron chi connectivity index (χ2n) is 9.06. The van der Waals surface area contributed by atoms with Crippen molar-refractivity contribution in [2.24, 2.45) is 0 Å². The molecule has 0 unspecified atom stereocenters. The maximum absolute atomic E-state index is 4.70. The summed E-state index contributed by atoms with van der Waals surface area (Å²) in [6.45, 7) is 5.61.